The molecule has 3 rings (SSSR count). The fourth-order valence-electron chi connectivity index (χ4n) is 3.20. The average molecular weight is 400 g/mol. The second-order valence-electron chi connectivity index (χ2n) is 6.84. The average Bonchev–Trinajstić information content (AvgIpc) is 2.66. The minimum absolute atomic E-state index is 0.203. The highest BCUT2D eigenvalue weighted by Gasteiger charge is 2.31. The molecule has 0 saturated heterocycles. The fourth-order valence-corrected chi connectivity index (χ4v) is 3.20. The van der Waals surface area contributed by atoms with Crippen molar-refractivity contribution in [2.75, 3.05) is 0 Å². The first kappa shape index (κ1) is 22.5. The summed E-state index contributed by atoms with van der Waals surface area (Å²) in [6.07, 6.45) is -4.68. The van der Waals surface area contributed by atoms with Gasteiger partial charge in [0.05, 0.1) is 0 Å². The Bertz CT molecular complexity index is 947. The summed E-state index contributed by atoms with van der Waals surface area (Å²) in [6, 6.07) is 16.8. The number of ether oxygens (including phenoxy) is 1. The lowest BCUT2D eigenvalue weighted by Gasteiger charge is -2.13. The van der Waals surface area contributed by atoms with Crippen molar-refractivity contribution in [3.63, 3.8) is 0 Å². The molecular weight excluding hydrogens is 373 g/mol. The topological polar surface area (TPSA) is 9.23 Å². The van der Waals surface area contributed by atoms with Gasteiger partial charge in [0.1, 0.15) is 5.75 Å². The lowest BCUT2D eigenvalue weighted by Crippen LogP contribution is -2.17. The Morgan fingerprint density at radius 3 is 1.62 bits per heavy atom. The van der Waals surface area contributed by atoms with E-state index < -0.39 is 6.36 Å². The maximum atomic E-state index is 12.4. The number of hydrogen-bond acceptors (Lipinski definition) is 1. The van der Waals surface area contributed by atoms with Crippen LogP contribution in [0.15, 0.2) is 54.6 Å². The number of alkyl halides is 3. The number of rotatable bonds is 3. The molecular formula is C25H27F3O. The van der Waals surface area contributed by atoms with E-state index in [1.807, 2.05) is 38.1 Å². The fraction of sp³-hybridized carbons (Fsp3) is 0.280. The monoisotopic (exact) mass is 400 g/mol. The standard InChI is InChI=1S/C23H21F3O.C2H6/c1-14-11-20(12-15(2)17(14)4)18-5-7-19(8-6-18)22-10-9-21(13-16(22)3)27-23(24,25)26;1-2/h5-13H,1-4H3;1-2H3. The van der Waals surface area contributed by atoms with Crippen LogP contribution in [0.4, 0.5) is 13.2 Å². The van der Waals surface area contributed by atoms with Gasteiger partial charge in [0.25, 0.3) is 0 Å². The Balaban J connectivity index is 0.00000145. The van der Waals surface area contributed by atoms with Crippen LogP contribution in [0.3, 0.4) is 0 Å². The second kappa shape index (κ2) is 9.17. The predicted octanol–water partition coefficient (Wildman–Crippen LogP) is 8.18. The van der Waals surface area contributed by atoms with Gasteiger partial charge in [-0.1, -0.05) is 56.3 Å². The normalized spacial score (nSPS) is 10.9. The molecule has 29 heavy (non-hydrogen) atoms. The van der Waals surface area contributed by atoms with Crippen molar-refractivity contribution in [2.24, 2.45) is 0 Å². The molecule has 154 valence electrons. The largest absolute Gasteiger partial charge is 0.573 e. The second-order valence-corrected chi connectivity index (χ2v) is 6.84. The Labute approximate surface area is 171 Å². The first-order valence-corrected chi connectivity index (χ1v) is 9.69. The Hall–Kier alpha value is -2.75. The number of benzene rings is 3. The van der Waals surface area contributed by atoms with Gasteiger partial charge in [-0.25, -0.2) is 0 Å². The molecule has 0 atom stereocenters. The van der Waals surface area contributed by atoms with Crippen LogP contribution >= 0.6 is 0 Å². The van der Waals surface area contributed by atoms with Gasteiger partial charge in [0.2, 0.25) is 0 Å². The van der Waals surface area contributed by atoms with Crippen molar-refractivity contribution in [1.82, 2.24) is 0 Å². The molecule has 0 bridgehead atoms. The summed E-state index contributed by atoms with van der Waals surface area (Å²) in [7, 11) is 0. The van der Waals surface area contributed by atoms with Crippen LogP contribution < -0.4 is 4.74 Å². The molecule has 0 fully saturated rings. The quantitative estimate of drug-likeness (QED) is 0.431. The van der Waals surface area contributed by atoms with E-state index in [0.717, 1.165) is 27.8 Å². The summed E-state index contributed by atoms with van der Waals surface area (Å²) < 4.78 is 41.1. The summed E-state index contributed by atoms with van der Waals surface area (Å²) in [5.74, 6) is -0.203. The Morgan fingerprint density at radius 2 is 1.14 bits per heavy atom. The molecule has 4 heteroatoms. The summed E-state index contributed by atoms with van der Waals surface area (Å²) in [6.45, 7) is 12.1. The minimum Gasteiger partial charge on any atom is -0.406 e. The molecule has 0 N–H and O–H groups in total. The first-order valence-electron chi connectivity index (χ1n) is 9.69. The van der Waals surface area contributed by atoms with Gasteiger partial charge < -0.3 is 4.74 Å². The van der Waals surface area contributed by atoms with Crippen molar-refractivity contribution in [1.29, 1.82) is 0 Å². The Morgan fingerprint density at radius 1 is 0.621 bits per heavy atom. The molecule has 1 nitrogen and oxygen atoms in total. The lowest BCUT2D eigenvalue weighted by atomic mass is 9.94. The third-order valence-corrected chi connectivity index (χ3v) is 4.89. The molecule has 3 aromatic rings. The summed E-state index contributed by atoms with van der Waals surface area (Å²) >= 11 is 0. The van der Waals surface area contributed by atoms with Gasteiger partial charge in [-0.2, -0.15) is 0 Å². The van der Waals surface area contributed by atoms with Crippen molar-refractivity contribution in [2.45, 2.75) is 47.9 Å². The van der Waals surface area contributed by atoms with Crippen LogP contribution in [0.25, 0.3) is 22.3 Å². The maximum absolute atomic E-state index is 12.4. The van der Waals surface area contributed by atoms with Gasteiger partial charge in [0.15, 0.2) is 0 Å². The van der Waals surface area contributed by atoms with E-state index >= 15 is 0 Å². The van der Waals surface area contributed by atoms with Crippen molar-refractivity contribution >= 4 is 0 Å². The highest BCUT2D eigenvalue weighted by Crippen LogP contribution is 2.32. The van der Waals surface area contributed by atoms with Crippen molar-refractivity contribution in [3.8, 4) is 28.0 Å². The van der Waals surface area contributed by atoms with Crippen LogP contribution in [-0.2, 0) is 0 Å². The van der Waals surface area contributed by atoms with Crippen LogP contribution in [0, 0.1) is 27.7 Å². The van der Waals surface area contributed by atoms with E-state index in [4.69, 9.17) is 0 Å². The highest BCUT2D eigenvalue weighted by atomic mass is 19.4. The molecule has 0 aliphatic carbocycles. The smallest absolute Gasteiger partial charge is 0.406 e. The molecule has 0 heterocycles. The van der Waals surface area contributed by atoms with Gasteiger partial charge in [-0.05, 0) is 84.3 Å². The van der Waals surface area contributed by atoms with Crippen LogP contribution in [0.1, 0.15) is 36.1 Å². The number of hydrogen-bond donors (Lipinski definition) is 0. The molecule has 0 aliphatic heterocycles. The first-order chi connectivity index (χ1) is 13.6. The molecule has 3 aromatic carbocycles. The van der Waals surface area contributed by atoms with E-state index in [0.29, 0.717) is 0 Å². The van der Waals surface area contributed by atoms with E-state index in [1.165, 1.54) is 28.8 Å². The van der Waals surface area contributed by atoms with E-state index in [2.05, 4.69) is 37.6 Å². The lowest BCUT2D eigenvalue weighted by molar-refractivity contribution is -0.274. The van der Waals surface area contributed by atoms with Crippen LogP contribution in [0.5, 0.6) is 5.75 Å². The van der Waals surface area contributed by atoms with E-state index in [1.54, 1.807) is 13.0 Å². The zero-order valence-corrected chi connectivity index (χ0v) is 17.7. The third kappa shape index (κ3) is 5.63. The summed E-state index contributed by atoms with van der Waals surface area (Å²) in [5, 5.41) is 0. The van der Waals surface area contributed by atoms with Gasteiger partial charge in [0, 0.05) is 0 Å². The maximum Gasteiger partial charge on any atom is 0.573 e. The van der Waals surface area contributed by atoms with Gasteiger partial charge in [-0.15, -0.1) is 13.2 Å². The molecule has 0 aromatic heterocycles. The van der Waals surface area contributed by atoms with Crippen LogP contribution in [0.2, 0.25) is 0 Å². The van der Waals surface area contributed by atoms with Crippen molar-refractivity contribution in [3.05, 3.63) is 76.9 Å². The molecule has 0 unspecified atom stereocenters. The Kier molecular flexibility index (Phi) is 7.12. The van der Waals surface area contributed by atoms with Crippen LogP contribution in [-0.4, -0.2) is 6.36 Å². The van der Waals surface area contributed by atoms with Gasteiger partial charge in [-0.3, -0.25) is 0 Å². The molecule has 0 radical (unpaired) electrons. The zero-order valence-electron chi connectivity index (χ0n) is 17.7. The van der Waals surface area contributed by atoms with E-state index in [-0.39, 0.29) is 5.75 Å². The highest BCUT2D eigenvalue weighted by molar-refractivity contribution is 5.73. The summed E-state index contributed by atoms with van der Waals surface area (Å²) in [5.41, 5.74) is 8.64. The third-order valence-electron chi connectivity index (χ3n) is 4.89. The molecule has 0 spiro atoms. The minimum atomic E-state index is -4.68. The van der Waals surface area contributed by atoms with Crippen molar-refractivity contribution < 1.29 is 17.9 Å². The van der Waals surface area contributed by atoms with Gasteiger partial charge >= 0.3 is 6.36 Å². The molecule has 0 amide bonds. The SMILES string of the molecule is CC.Cc1cc(OC(F)(F)F)ccc1-c1ccc(-c2cc(C)c(C)c(C)c2)cc1. The summed E-state index contributed by atoms with van der Waals surface area (Å²) in [4.78, 5) is 0. The number of aryl methyl sites for hydroxylation is 3. The molecule has 0 aliphatic rings. The zero-order chi connectivity index (χ0) is 21.8. The predicted molar refractivity (Wildman–Crippen MR) is 114 cm³/mol. The molecule has 0 saturated carbocycles. The number of halogens is 3. The van der Waals surface area contributed by atoms with E-state index in [9.17, 15) is 13.2 Å².